The molecule has 5 N–H and O–H groups in total. The number of amides is 1. The van der Waals surface area contributed by atoms with Crippen LogP contribution in [0.4, 0.5) is 4.79 Å². The molecule has 1 atom stereocenters. The minimum absolute atomic E-state index is 0.0827. The second-order valence-corrected chi connectivity index (χ2v) is 10.9. The summed E-state index contributed by atoms with van der Waals surface area (Å²) in [5.41, 5.74) is 6.83. The molecular weight excluding hydrogens is 496 g/mol. The summed E-state index contributed by atoms with van der Waals surface area (Å²) in [6.07, 6.45) is 1.24. The summed E-state index contributed by atoms with van der Waals surface area (Å²) in [6.45, 7) is 5.14. The van der Waals surface area contributed by atoms with E-state index in [4.69, 9.17) is 14.9 Å². The number of sulfonamides is 1. The van der Waals surface area contributed by atoms with E-state index in [1.165, 1.54) is 37.9 Å². The number of amidine groups is 1. The first-order chi connectivity index (χ1) is 17.6. The van der Waals surface area contributed by atoms with Gasteiger partial charge in [-0.2, -0.15) is 0 Å². The quantitative estimate of drug-likeness (QED) is 0.284. The Morgan fingerprint density at radius 1 is 1.24 bits per heavy atom. The summed E-state index contributed by atoms with van der Waals surface area (Å²) in [5.74, 6) is -0.360. The number of rotatable bonds is 9. The van der Waals surface area contributed by atoms with Gasteiger partial charge in [-0.25, -0.2) is 17.5 Å². The normalized spacial score (nSPS) is 15.3. The molecule has 1 aliphatic heterocycles. The third kappa shape index (κ3) is 8.53. The Balaban J connectivity index is 0.00000235. The first-order valence-electron chi connectivity index (χ1n) is 12.2. The first kappa shape index (κ1) is 30.2. The molecule has 11 heteroatoms. The molecule has 0 bridgehead atoms. The molecule has 0 saturated carbocycles. The standard InChI is InChI=1S/C25H33N3O6S.CH5N/c1-17(2)19-8-6-18(7-9-19)12-13-28(3)35(31,32)23-15-20(10-11-22(23)29)24(26)27-25(30)34-16-21-5-4-14-33-21;1-2/h6-11,15,17,21,29H,4-5,12-14,16H2,1-3H3,(H2,26,27,30);2H2,1H3. The fourth-order valence-corrected chi connectivity index (χ4v) is 4.95. The van der Waals surface area contributed by atoms with E-state index in [-0.39, 0.29) is 35.6 Å². The van der Waals surface area contributed by atoms with Crippen molar-refractivity contribution in [1.29, 1.82) is 5.41 Å². The number of nitrogens with one attached hydrogen (secondary N) is 2. The number of phenolic OH excluding ortho intramolecular Hbond substituents is 1. The third-order valence-corrected chi connectivity index (χ3v) is 7.84. The van der Waals surface area contributed by atoms with Crippen molar-refractivity contribution in [2.45, 2.75) is 50.0 Å². The predicted octanol–water partition coefficient (Wildman–Crippen LogP) is 3.18. The monoisotopic (exact) mass is 534 g/mol. The first-order valence-corrected chi connectivity index (χ1v) is 13.6. The molecule has 2 aromatic carbocycles. The van der Waals surface area contributed by atoms with Crippen LogP contribution in [0.25, 0.3) is 0 Å². The van der Waals surface area contributed by atoms with Gasteiger partial charge in [0.15, 0.2) is 0 Å². The van der Waals surface area contributed by atoms with Crippen LogP contribution in [-0.2, 0) is 25.9 Å². The molecule has 204 valence electrons. The fourth-order valence-electron chi connectivity index (χ4n) is 3.67. The number of hydrogen-bond donors (Lipinski definition) is 4. The molecule has 0 aromatic heterocycles. The highest BCUT2D eigenvalue weighted by molar-refractivity contribution is 7.89. The van der Waals surface area contributed by atoms with Crippen molar-refractivity contribution in [2.75, 3.05) is 33.9 Å². The van der Waals surface area contributed by atoms with Crippen LogP contribution in [0.3, 0.4) is 0 Å². The summed E-state index contributed by atoms with van der Waals surface area (Å²) in [7, 11) is -1.10. The zero-order valence-electron chi connectivity index (χ0n) is 21.9. The van der Waals surface area contributed by atoms with Crippen LogP contribution >= 0.6 is 0 Å². The Labute approximate surface area is 219 Å². The molecule has 0 aliphatic carbocycles. The van der Waals surface area contributed by atoms with E-state index in [0.29, 0.717) is 18.9 Å². The zero-order valence-corrected chi connectivity index (χ0v) is 22.7. The van der Waals surface area contributed by atoms with Crippen LogP contribution in [0.5, 0.6) is 5.75 Å². The Kier molecular flexibility index (Phi) is 11.5. The molecule has 2 aromatic rings. The molecule has 0 spiro atoms. The molecular formula is C26H38N4O6S. The van der Waals surface area contributed by atoms with Crippen molar-refractivity contribution >= 4 is 22.0 Å². The third-order valence-electron chi connectivity index (χ3n) is 5.95. The summed E-state index contributed by atoms with van der Waals surface area (Å²) in [4.78, 5) is 11.7. The van der Waals surface area contributed by atoms with E-state index in [9.17, 15) is 18.3 Å². The van der Waals surface area contributed by atoms with Crippen LogP contribution in [0, 0.1) is 5.41 Å². The number of carbonyl (C=O) groups excluding carboxylic acids is 1. The topological polar surface area (TPSA) is 155 Å². The van der Waals surface area contributed by atoms with Crippen molar-refractivity contribution in [1.82, 2.24) is 9.62 Å². The maximum Gasteiger partial charge on any atom is 0.412 e. The van der Waals surface area contributed by atoms with Gasteiger partial charge in [0.2, 0.25) is 10.0 Å². The van der Waals surface area contributed by atoms with Crippen molar-refractivity contribution in [3.05, 3.63) is 59.2 Å². The van der Waals surface area contributed by atoms with Crippen molar-refractivity contribution in [2.24, 2.45) is 5.73 Å². The van der Waals surface area contributed by atoms with E-state index in [1.54, 1.807) is 0 Å². The van der Waals surface area contributed by atoms with E-state index >= 15 is 0 Å². The minimum Gasteiger partial charge on any atom is -0.507 e. The van der Waals surface area contributed by atoms with Gasteiger partial charge in [-0.05, 0) is 61.6 Å². The number of alkyl carbamates (subject to hydrolysis) is 1. The van der Waals surface area contributed by atoms with Crippen LogP contribution in [0.1, 0.15) is 49.3 Å². The molecule has 1 fully saturated rings. The van der Waals surface area contributed by atoms with Crippen molar-refractivity contribution < 1.29 is 27.8 Å². The van der Waals surface area contributed by atoms with E-state index in [1.807, 2.05) is 24.3 Å². The number of hydrogen-bond acceptors (Lipinski definition) is 8. The Morgan fingerprint density at radius 3 is 2.51 bits per heavy atom. The van der Waals surface area contributed by atoms with Crippen molar-refractivity contribution in [3.8, 4) is 5.75 Å². The summed E-state index contributed by atoms with van der Waals surface area (Å²) < 4.78 is 37.9. The zero-order chi connectivity index (χ0) is 27.6. The highest BCUT2D eigenvalue weighted by atomic mass is 32.2. The number of nitrogens with zero attached hydrogens (tertiary/aromatic N) is 1. The molecule has 0 radical (unpaired) electrons. The Morgan fingerprint density at radius 2 is 1.92 bits per heavy atom. The maximum absolute atomic E-state index is 13.1. The SMILES string of the molecule is CC(C)c1ccc(CCN(C)S(=O)(=O)c2cc(C(=N)NC(=O)OCC3CCCO3)ccc2O)cc1.CN. The molecule has 37 heavy (non-hydrogen) atoms. The maximum atomic E-state index is 13.1. The summed E-state index contributed by atoms with van der Waals surface area (Å²) >= 11 is 0. The average molecular weight is 535 g/mol. The minimum atomic E-state index is -4.04. The second-order valence-electron chi connectivity index (χ2n) is 8.89. The van der Waals surface area contributed by atoms with Gasteiger partial charge in [-0.3, -0.25) is 10.7 Å². The lowest BCUT2D eigenvalue weighted by molar-refractivity contribution is 0.0454. The fraction of sp³-hybridized carbons (Fsp3) is 0.462. The van der Waals surface area contributed by atoms with Gasteiger partial charge in [-0.15, -0.1) is 0 Å². The van der Waals surface area contributed by atoms with Gasteiger partial charge in [0.05, 0.1) is 6.10 Å². The smallest absolute Gasteiger partial charge is 0.412 e. The molecule has 1 unspecified atom stereocenters. The Bertz CT molecular complexity index is 1150. The number of benzene rings is 2. The predicted molar refractivity (Wildman–Crippen MR) is 143 cm³/mol. The molecule has 1 aliphatic rings. The second kappa shape index (κ2) is 14.1. The van der Waals surface area contributed by atoms with Crippen molar-refractivity contribution in [3.63, 3.8) is 0 Å². The molecule has 10 nitrogen and oxygen atoms in total. The lowest BCUT2D eigenvalue weighted by Crippen LogP contribution is -2.33. The van der Waals surface area contributed by atoms with Gasteiger partial charge >= 0.3 is 6.09 Å². The van der Waals surface area contributed by atoms with Gasteiger partial charge < -0.3 is 20.3 Å². The average Bonchev–Trinajstić information content (AvgIpc) is 3.41. The summed E-state index contributed by atoms with van der Waals surface area (Å²) in [5, 5.41) is 20.7. The lowest BCUT2D eigenvalue weighted by Gasteiger charge is -2.19. The van der Waals surface area contributed by atoms with Crippen LogP contribution in [0.15, 0.2) is 47.4 Å². The highest BCUT2D eigenvalue weighted by Gasteiger charge is 2.25. The van der Waals surface area contributed by atoms with Gasteiger partial charge in [0, 0.05) is 25.8 Å². The number of aromatic hydroxyl groups is 1. The number of phenols is 1. The van der Waals surface area contributed by atoms with E-state index < -0.39 is 21.9 Å². The number of carbonyl (C=O) groups is 1. The largest absolute Gasteiger partial charge is 0.507 e. The van der Waals surface area contributed by atoms with E-state index in [0.717, 1.165) is 22.7 Å². The molecule has 1 amide bonds. The Hall–Kier alpha value is -2.99. The molecule has 1 heterocycles. The lowest BCUT2D eigenvalue weighted by atomic mass is 10.0. The van der Waals surface area contributed by atoms with Crippen LogP contribution in [0.2, 0.25) is 0 Å². The number of nitrogens with two attached hydrogens (primary N) is 1. The number of ether oxygens (including phenoxy) is 2. The summed E-state index contributed by atoms with van der Waals surface area (Å²) in [6, 6.07) is 11.8. The highest BCUT2D eigenvalue weighted by Crippen LogP contribution is 2.27. The van der Waals surface area contributed by atoms with E-state index in [2.05, 4.69) is 24.9 Å². The van der Waals surface area contributed by atoms with Gasteiger partial charge in [-0.1, -0.05) is 38.1 Å². The molecule has 3 rings (SSSR count). The van der Waals surface area contributed by atoms with Gasteiger partial charge in [0.25, 0.3) is 0 Å². The van der Waals surface area contributed by atoms with Gasteiger partial charge in [0.1, 0.15) is 23.1 Å². The number of likely N-dealkylation sites (N-methyl/N-ethyl adjacent to an activating group) is 1. The van der Waals surface area contributed by atoms with Crippen LogP contribution in [-0.4, -0.2) is 69.7 Å². The van der Waals surface area contributed by atoms with Crippen LogP contribution < -0.4 is 11.1 Å². The molecule has 1 saturated heterocycles.